The fourth-order valence-electron chi connectivity index (χ4n) is 2.25. The summed E-state index contributed by atoms with van der Waals surface area (Å²) < 4.78 is 0. The molecule has 21 heavy (non-hydrogen) atoms. The highest BCUT2D eigenvalue weighted by Gasteiger charge is 2.20. The molecule has 0 fully saturated rings. The number of nitrogens with one attached hydrogen (secondary N) is 1. The number of rotatable bonds is 5. The Morgan fingerprint density at radius 2 is 2.00 bits per heavy atom. The van der Waals surface area contributed by atoms with E-state index in [0.29, 0.717) is 11.5 Å². The number of pyridine rings is 1. The third kappa shape index (κ3) is 3.34. The zero-order valence-electron chi connectivity index (χ0n) is 12.5. The predicted molar refractivity (Wildman–Crippen MR) is 84.9 cm³/mol. The Hall–Kier alpha value is -2.50. The van der Waals surface area contributed by atoms with Crippen molar-refractivity contribution in [2.75, 3.05) is 7.05 Å². The van der Waals surface area contributed by atoms with Crippen LogP contribution >= 0.6 is 0 Å². The first kappa shape index (κ1) is 14.9. The lowest BCUT2D eigenvalue weighted by Gasteiger charge is -2.23. The topological polar surface area (TPSA) is 89.1 Å². The molecule has 2 unspecified atom stereocenters. The molecular weight excluding hydrogens is 264 g/mol. The molecule has 0 aromatic carbocycles. The van der Waals surface area contributed by atoms with Crippen LogP contribution in [0.5, 0.6) is 0 Å². The van der Waals surface area contributed by atoms with Crippen molar-refractivity contribution in [3.05, 3.63) is 42.6 Å². The molecule has 0 radical (unpaired) electrons. The molecule has 3 N–H and O–H groups in total. The molecule has 2 rings (SSSR count). The van der Waals surface area contributed by atoms with E-state index in [2.05, 4.69) is 38.8 Å². The van der Waals surface area contributed by atoms with Gasteiger partial charge in [-0.3, -0.25) is 9.98 Å². The van der Waals surface area contributed by atoms with Gasteiger partial charge >= 0.3 is 0 Å². The number of nitrogens with zero attached hydrogens (tertiary/aromatic N) is 4. The van der Waals surface area contributed by atoms with Crippen molar-refractivity contribution < 1.29 is 0 Å². The predicted octanol–water partition coefficient (Wildman–Crippen LogP) is 1.49. The Bertz CT molecular complexity index is 679. The van der Waals surface area contributed by atoms with Gasteiger partial charge in [0.1, 0.15) is 5.52 Å². The van der Waals surface area contributed by atoms with Gasteiger partial charge in [-0.1, -0.05) is 13.5 Å². The molecule has 0 saturated carbocycles. The van der Waals surface area contributed by atoms with Crippen molar-refractivity contribution in [3.8, 4) is 0 Å². The van der Waals surface area contributed by atoms with Crippen LogP contribution in [0, 0.1) is 5.92 Å². The van der Waals surface area contributed by atoms with Gasteiger partial charge in [0.2, 0.25) is 0 Å². The van der Waals surface area contributed by atoms with Crippen molar-refractivity contribution in [1.82, 2.24) is 20.3 Å². The summed E-state index contributed by atoms with van der Waals surface area (Å²) in [5.41, 5.74) is 8.88. The van der Waals surface area contributed by atoms with Crippen molar-refractivity contribution in [2.24, 2.45) is 16.6 Å². The van der Waals surface area contributed by atoms with Crippen LogP contribution < -0.4 is 11.1 Å². The van der Waals surface area contributed by atoms with Crippen LogP contribution in [0.15, 0.2) is 42.0 Å². The highest BCUT2D eigenvalue weighted by Crippen LogP contribution is 2.16. The van der Waals surface area contributed by atoms with Crippen LogP contribution in [0.25, 0.3) is 11.2 Å². The zero-order chi connectivity index (χ0) is 15.4. The zero-order valence-corrected chi connectivity index (χ0v) is 12.5. The second-order valence-electron chi connectivity index (χ2n) is 4.98. The number of nitrogens with two attached hydrogens (primary N) is 1. The van der Waals surface area contributed by atoms with E-state index >= 15 is 0 Å². The number of hydrogen-bond donors (Lipinski definition) is 2. The Morgan fingerprint density at radius 3 is 2.67 bits per heavy atom. The SMILES string of the molecule is C=C(N)NC(C)C(C)/C(=N\C)c1cnc2nccnc2c1. The largest absolute Gasteiger partial charge is 0.386 e. The Labute approximate surface area is 124 Å². The van der Waals surface area contributed by atoms with Gasteiger partial charge in [0.05, 0.1) is 5.82 Å². The first-order valence-electron chi connectivity index (χ1n) is 6.77. The number of fused-ring (bicyclic) bond motifs is 1. The van der Waals surface area contributed by atoms with Crippen LogP contribution in [0.4, 0.5) is 0 Å². The fourth-order valence-corrected chi connectivity index (χ4v) is 2.25. The van der Waals surface area contributed by atoms with Crippen molar-refractivity contribution in [3.63, 3.8) is 0 Å². The van der Waals surface area contributed by atoms with Gasteiger partial charge in [0.25, 0.3) is 0 Å². The highest BCUT2D eigenvalue weighted by atomic mass is 15.0. The van der Waals surface area contributed by atoms with E-state index in [1.54, 1.807) is 25.6 Å². The molecule has 110 valence electrons. The monoisotopic (exact) mass is 284 g/mol. The molecule has 0 saturated heterocycles. The second kappa shape index (κ2) is 6.30. The first-order valence-corrected chi connectivity index (χ1v) is 6.77. The van der Waals surface area contributed by atoms with Crippen LogP contribution in [-0.4, -0.2) is 33.8 Å². The van der Waals surface area contributed by atoms with Gasteiger partial charge in [-0.25, -0.2) is 9.97 Å². The standard InChI is InChI=1S/C15H20N6/c1-9(10(2)21-11(3)16)14(17-4)12-7-13-15(20-8-12)19-6-5-18-13/h5-10,21H,3,16H2,1-2,4H3/b17-14+. The lowest BCUT2D eigenvalue weighted by molar-refractivity contribution is 0.522. The van der Waals surface area contributed by atoms with Crippen LogP contribution in [0.2, 0.25) is 0 Å². The van der Waals surface area contributed by atoms with E-state index in [0.717, 1.165) is 16.8 Å². The summed E-state index contributed by atoms with van der Waals surface area (Å²) in [5.74, 6) is 0.596. The molecule has 0 spiro atoms. The average molecular weight is 284 g/mol. The van der Waals surface area contributed by atoms with Gasteiger partial charge in [0.15, 0.2) is 5.65 Å². The molecule has 2 heterocycles. The summed E-state index contributed by atoms with van der Waals surface area (Å²) in [4.78, 5) is 17.2. The molecule has 2 aromatic heterocycles. The third-order valence-corrected chi connectivity index (χ3v) is 3.46. The molecule has 6 nitrogen and oxygen atoms in total. The summed E-state index contributed by atoms with van der Waals surface area (Å²) in [5, 5.41) is 3.12. The molecule has 6 heteroatoms. The molecule has 0 aliphatic carbocycles. The summed E-state index contributed by atoms with van der Waals surface area (Å²) in [6, 6.07) is 2.07. The molecule has 2 atom stereocenters. The number of aromatic nitrogens is 3. The number of aliphatic imine (C=N–C) groups is 1. The van der Waals surface area contributed by atoms with Gasteiger partial charge < -0.3 is 11.1 Å². The summed E-state index contributed by atoms with van der Waals surface area (Å²) >= 11 is 0. The maximum absolute atomic E-state index is 5.61. The Kier molecular flexibility index (Phi) is 4.47. The van der Waals surface area contributed by atoms with E-state index in [-0.39, 0.29) is 12.0 Å². The van der Waals surface area contributed by atoms with Crippen molar-refractivity contribution in [2.45, 2.75) is 19.9 Å². The summed E-state index contributed by atoms with van der Waals surface area (Å²) in [6.07, 6.45) is 5.06. The van der Waals surface area contributed by atoms with Gasteiger partial charge in [-0.05, 0) is 13.0 Å². The lowest BCUT2D eigenvalue weighted by atomic mass is 9.93. The minimum atomic E-state index is 0.110. The maximum Gasteiger partial charge on any atom is 0.178 e. The normalized spacial score (nSPS) is 14.7. The van der Waals surface area contributed by atoms with E-state index < -0.39 is 0 Å². The first-order chi connectivity index (χ1) is 10.0. The molecule has 0 amide bonds. The Balaban J connectivity index is 2.33. The minimum absolute atomic E-state index is 0.110. The van der Waals surface area contributed by atoms with E-state index in [4.69, 9.17) is 5.73 Å². The van der Waals surface area contributed by atoms with Crippen LogP contribution in [0.3, 0.4) is 0 Å². The van der Waals surface area contributed by atoms with Gasteiger partial charge in [-0.15, -0.1) is 0 Å². The van der Waals surface area contributed by atoms with Gasteiger partial charge in [0, 0.05) is 48.9 Å². The highest BCUT2D eigenvalue weighted by molar-refractivity contribution is 6.03. The second-order valence-corrected chi connectivity index (χ2v) is 4.98. The van der Waals surface area contributed by atoms with Crippen LogP contribution in [-0.2, 0) is 0 Å². The molecule has 2 aromatic rings. The smallest absolute Gasteiger partial charge is 0.178 e. The third-order valence-electron chi connectivity index (χ3n) is 3.46. The molecule has 0 aliphatic rings. The Morgan fingerprint density at radius 1 is 1.29 bits per heavy atom. The molecule has 0 bridgehead atoms. The summed E-state index contributed by atoms with van der Waals surface area (Å²) in [7, 11) is 1.77. The van der Waals surface area contributed by atoms with E-state index in [9.17, 15) is 0 Å². The van der Waals surface area contributed by atoms with Gasteiger partial charge in [-0.2, -0.15) is 0 Å². The van der Waals surface area contributed by atoms with E-state index in [1.807, 2.05) is 13.0 Å². The van der Waals surface area contributed by atoms with Crippen molar-refractivity contribution >= 4 is 16.9 Å². The fraction of sp³-hybridized carbons (Fsp3) is 0.333. The van der Waals surface area contributed by atoms with Crippen molar-refractivity contribution in [1.29, 1.82) is 0 Å². The minimum Gasteiger partial charge on any atom is -0.386 e. The molecular formula is C15H20N6. The van der Waals surface area contributed by atoms with Crippen LogP contribution in [0.1, 0.15) is 19.4 Å². The maximum atomic E-state index is 5.61. The summed E-state index contributed by atoms with van der Waals surface area (Å²) in [6.45, 7) is 7.80. The lowest BCUT2D eigenvalue weighted by Crippen LogP contribution is -2.38. The quantitative estimate of drug-likeness (QED) is 0.812. The number of hydrogen-bond acceptors (Lipinski definition) is 6. The average Bonchev–Trinajstić information content (AvgIpc) is 2.47. The van der Waals surface area contributed by atoms with E-state index in [1.165, 1.54) is 0 Å². The molecule has 0 aliphatic heterocycles.